The van der Waals surface area contributed by atoms with Crippen molar-refractivity contribution in [1.82, 2.24) is 4.98 Å². The van der Waals surface area contributed by atoms with Gasteiger partial charge in [-0.15, -0.1) is 0 Å². The van der Waals surface area contributed by atoms with Crippen LogP contribution in [0.3, 0.4) is 0 Å². The lowest BCUT2D eigenvalue weighted by atomic mass is 10.4. The Balaban J connectivity index is 1.72. The molecule has 0 saturated heterocycles. The highest BCUT2D eigenvalue weighted by atomic mass is 32.2. The molecule has 8 nitrogen and oxygen atoms in total. The predicted molar refractivity (Wildman–Crippen MR) is 102 cm³/mol. The molecule has 0 spiro atoms. The fourth-order valence-electron chi connectivity index (χ4n) is 2.37. The van der Waals surface area contributed by atoms with Gasteiger partial charge in [0.1, 0.15) is 16.4 Å². The Kier molecular flexibility index (Phi) is 5.61. The molecule has 1 N–H and O–H groups in total. The maximum atomic E-state index is 12.4. The number of furan rings is 1. The fraction of sp³-hybridized carbons (Fsp3) is 0.167. The number of hydrogen-bond acceptors (Lipinski definition) is 8. The van der Waals surface area contributed by atoms with E-state index in [1.165, 1.54) is 31.4 Å². The number of rotatable bonds is 6. The van der Waals surface area contributed by atoms with Crippen LogP contribution in [-0.4, -0.2) is 32.4 Å². The Morgan fingerprint density at radius 1 is 1.18 bits per heavy atom. The number of ether oxygens (including phenoxy) is 1. The summed E-state index contributed by atoms with van der Waals surface area (Å²) >= 11 is 0.974. The molecule has 146 valence electrons. The molecule has 0 radical (unpaired) electrons. The number of anilines is 1. The average molecular weight is 420 g/mol. The van der Waals surface area contributed by atoms with Crippen molar-refractivity contribution in [2.45, 2.75) is 17.6 Å². The third-order valence-electron chi connectivity index (χ3n) is 3.71. The van der Waals surface area contributed by atoms with Gasteiger partial charge in [-0.05, 0) is 31.2 Å². The number of methoxy groups -OCH3 is 1. The highest BCUT2D eigenvalue weighted by Crippen LogP contribution is 2.24. The fourth-order valence-corrected chi connectivity index (χ4v) is 4.51. The molecule has 1 aromatic carbocycles. The standard InChI is InChI=1S/C18H16N2O6S2/c1-11-15(17(22)25-2)27-18(19-11)20-16(21)14-9-8-12(26-14)10-28(23,24)13-6-4-3-5-7-13/h3-9H,10H2,1-2H3,(H,19,20,21). The van der Waals surface area contributed by atoms with Gasteiger partial charge in [-0.3, -0.25) is 10.1 Å². The van der Waals surface area contributed by atoms with E-state index in [1.54, 1.807) is 25.1 Å². The van der Waals surface area contributed by atoms with Crippen molar-refractivity contribution in [3.05, 3.63) is 64.6 Å². The van der Waals surface area contributed by atoms with Gasteiger partial charge in [0.25, 0.3) is 5.91 Å². The number of benzene rings is 1. The van der Waals surface area contributed by atoms with Crippen LogP contribution in [0, 0.1) is 6.92 Å². The summed E-state index contributed by atoms with van der Waals surface area (Å²) in [5, 5.41) is 2.73. The highest BCUT2D eigenvalue weighted by Gasteiger charge is 2.21. The number of aryl methyl sites for hydroxylation is 1. The molecule has 3 aromatic rings. The Labute approximate surface area is 165 Å². The number of nitrogens with one attached hydrogen (secondary N) is 1. The van der Waals surface area contributed by atoms with E-state index >= 15 is 0 Å². The molecule has 2 aromatic heterocycles. The van der Waals surface area contributed by atoms with E-state index in [0.717, 1.165) is 11.3 Å². The molecule has 0 unspecified atom stereocenters. The molecule has 2 heterocycles. The molecular weight excluding hydrogens is 404 g/mol. The number of carbonyl (C=O) groups excluding carboxylic acids is 2. The van der Waals surface area contributed by atoms with Crippen LogP contribution in [-0.2, 0) is 20.3 Å². The number of amides is 1. The summed E-state index contributed by atoms with van der Waals surface area (Å²) in [7, 11) is -2.33. The van der Waals surface area contributed by atoms with Crippen LogP contribution in [0.2, 0.25) is 0 Å². The van der Waals surface area contributed by atoms with Gasteiger partial charge in [-0.2, -0.15) is 0 Å². The van der Waals surface area contributed by atoms with Crippen molar-refractivity contribution in [2.75, 3.05) is 12.4 Å². The summed E-state index contributed by atoms with van der Waals surface area (Å²) in [6.45, 7) is 1.62. The topological polar surface area (TPSA) is 116 Å². The monoisotopic (exact) mass is 420 g/mol. The van der Waals surface area contributed by atoms with Gasteiger partial charge in [-0.25, -0.2) is 18.2 Å². The lowest BCUT2D eigenvalue weighted by Gasteiger charge is -2.02. The number of sulfone groups is 1. The van der Waals surface area contributed by atoms with Gasteiger partial charge in [0, 0.05) is 0 Å². The molecular formula is C18H16N2O6S2. The molecule has 0 aliphatic rings. The van der Waals surface area contributed by atoms with Gasteiger partial charge < -0.3 is 9.15 Å². The first-order chi connectivity index (χ1) is 13.3. The van der Waals surface area contributed by atoms with Crippen LogP contribution in [0.4, 0.5) is 5.13 Å². The van der Waals surface area contributed by atoms with E-state index in [1.807, 2.05) is 0 Å². The van der Waals surface area contributed by atoms with Crippen molar-refractivity contribution in [2.24, 2.45) is 0 Å². The van der Waals surface area contributed by atoms with Gasteiger partial charge in [0.05, 0.1) is 17.7 Å². The van der Waals surface area contributed by atoms with Crippen molar-refractivity contribution < 1.29 is 27.2 Å². The van der Waals surface area contributed by atoms with Crippen LogP contribution in [0.15, 0.2) is 51.8 Å². The van der Waals surface area contributed by atoms with E-state index < -0.39 is 21.7 Å². The molecule has 28 heavy (non-hydrogen) atoms. The second kappa shape index (κ2) is 7.95. The molecule has 10 heteroatoms. The van der Waals surface area contributed by atoms with E-state index in [9.17, 15) is 18.0 Å². The van der Waals surface area contributed by atoms with Crippen LogP contribution in [0.25, 0.3) is 0 Å². The zero-order chi connectivity index (χ0) is 20.3. The Bertz CT molecular complexity index is 1120. The van der Waals surface area contributed by atoms with E-state index in [2.05, 4.69) is 15.0 Å². The van der Waals surface area contributed by atoms with Crippen LogP contribution in [0.5, 0.6) is 0 Å². The van der Waals surface area contributed by atoms with E-state index in [-0.39, 0.29) is 32.2 Å². The molecule has 0 bridgehead atoms. The molecule has 0 fully saturated rings. The first-order valence-corrected chi connectivity index (χ1v) is 10.5. The van der Waals surface area contributed by atoms with Gasteiger partial charge in [0.15, 0.2) is 20.7 Å². The Hall–Kier alpha value is -2.98. The minimum atomic E-state index is -3.59. The molecule has 0 aliphatic carbocycles. The second-order valence-electron chi connectivity index (χ2n) is 5.72. The first kappa shape index (κ1) is 19.8. The zero-order valence-electron chi connectivity index (χ0n) is 15.0. The number of thiazole rings is 1. The smallest absolute Gasteiger partial charge is 0.350 e. The quantitative estimate of drug-likeness (QED) is 0.609. The lowest BCUT2D eigenvalue weighted by Crippen LogP contribution is -2.10. The number of esters is 1. The van der Waals surface area contributed by atoms with Crippen molar-refractivity contribution in [3.63, 3.8) is 0 Å². The van der Waals surface area contributed by atoms with E-state index in [4.69, 9.17) is 4.42 Å². The third-order valence-corrected chi connectivity index (χ3v) is 6.42. The lowest BCUT2D eigenvalue weighted by molar-refractivity contribution is 0.0605. The number of nitrogens with zero attached hydrogens (tertiary/aromatic N) is 1. The molecule has 0 atom stereocenters. The molecule has 1 amide bonds. The van der Waals surface area contributed by atoms with E-state index in [0.29, 0.717) is 5.69 Å². The first-order valence-electron chi connectivity index (χ1n) is 8.04. The largest absolute Gasteiger partial charge is 0.465 e. The summed E-state index contributed by atoms with van der Waals surface area (Å²) in [4.78, 5) is 28.5. The second-order valence-corrected chi connectivity index (χ2v) is 8.71. The molecule has 0 aliphatic heterocycles. The minimum Gasteiger partial charge on any atom is -0.465 e. The number of aromatic nitrogens is 1. The SMILES string of the molecule is COC(=O)c1sc(NC(=O)c2ccc(CS(=O)(=O)c3ccccc3)o2)nc1C. The number of hydrogen-bond donors (Lipinski definition) is 1. The Morgan fingerprint density at radius 3 is 2.57 bits per heavy atom. The van der Waals surface area contributed by atoms with Gasteiger partial charge in [0.2, 0.25) is 0 Å². The van der Waals surface area contributed by atoms with Gasteiger partial charge >= 0.3 is 5.97 Å². The summed E-state index contributed by atoms with van der Waals surface area (Å²) < 4.78 is 34.8. The minimum absolute atomic E-state index is 0.0641. The summed E-state index contributed by atoms with van der Waals surface area (Å²) in [6, 6.07) is 10.8. The molecule has 3 rings (SSSR count). The van der Waals surface area contributed by atoms with Crippen molar-refractivity contribution in [1.29, 1.82) is 0 Å². The van der Waals surface area contributed by atoms with Crippen LogP contribution >= 0.6 is 11.3 Å². The molecule has 0 saturated carbocycles. The summed E-state index contributed by atoms with van der Waals surface area (Å²) in [5.41, 5.74) is 0.432. The summed E-state index contributed by atoms with van der Waals surface area (Å²) in [5.74, 6) is -1.44. The average Bonchev–Trinajstić information content (AvgIpc) is 3.28. The van der Waals surface area contributed by atoms with Crippen molar-refractivity contribution in [3.8, 4) is 0 Å². The maximum absolute atomic E-state index is 12.4. The highest BCUT2D eigenvalue weighted by molar-refractivity contribution is 7.90. The maximum Gasteiger partial charge on any atom is 0.350 e. The predicted octanol–water partition coefficient (Wildman–Crippen LogP) is 3.06. The number of carbonyl (C=O) groups is 2. The summed E-state index contributed by atoms with van der Waals surface area (Å²) in [6.07, 6.45) is 0. The Morgan fingerprint density at radius 2 is 1.89 bits per heavy atom. The van der Waals surface area contributed by atoms with Crippen LogP contribution in [0.1, 0.15) is 31.7 Å². The third kappa shape index (κ3) is 4.29. The van der Waals surface area contributed by atoms with Crippen molar-refractivity contribution >= 4 is 38.2 Å². The normalized spacial score (nSPS) is 11.2. The van der Waals surface area contributed by atoms with Gasteiger partial charge in [-0.1, -0.05) is 29.5 Å². The van der Waals surface area contributed by atoms with Crippen LogP contribution < -0.4 is 5.32 Å². The zero-order valence-corrected chi connectivity index (χ0v) is 16.6.